The van der Waals surface area contributed by atoms with Crippen LogP contribution in [-0.2, 0) is 18.8 Å². The highest BCUT2D eigenvalue weighted by atomic mass is 35.5. The quantitative estimate of drug-likeness (QED) is 0.639. The summed E-state index contributed by atoms with van der Waals surface area (Å²) in [7, 11) is 0. The van der Waals surface area contributed by atoms with E-state index < -0.39 is 0 Å². The Bertz CT molecular complexity index is 774. The Morgan fingerprint density at radius 1 is 1.10 bits per heavy atom. The van der Waals surface area contributed by atoms with Crippen molar-refractivity contribution in [2.24, 2.45) is 0 Å². The molecule has 3 rings (SSSR count). The fraction of sp³-hybridized carbons (Fsp3) is 0.278. The predicted octanol–water partition coefficient (Wildman–Crippen LogP) is 4.69. The molecule has 21 heavy (non-hydrogen) atoms. The molecule has 0 spiro atoms. The maximum absolute atomic E-state index is 6.10. The second-order valence-electron chi connectivity index (χ2n) is 5.36. The minimum absolute atomic E-state index is 0.433. The zero-order chi connectivity index (χ0) is 14.8. The fourth-order valence-corrected chi connectivity index (χ4v) is 2.99. The molecule has 2 nitrogen and oxygen atoms in total. The third-order valence-electron chi connectivity index (χ3n) is 3.93. The molecule has 1 heterocycles. The number of aryl methyl sites for hydroxylation is 2. The maximum atomic E-state index is 6.10. The molecule has 0 aliphatic rings. The van der Waals surface area contributed by atoms with E-state index in [2.05, 4.69) is 65.9 Å². The van der Waals surface area contributed by atoms with Gasteiger partial charge in [-0.25, -0.2) is 4.98 Å². The third kappa shape index (κ3) is 2.68. The van der Waals surface area contributed by atoms with Gasteiger partial charge < -0.3 is 4.57 Å². The lowest BCUT2D eigenvalue weighted by Gasteiger charge is -2.12. The molecule has 0 N–H and O–H groups in total. The second kappa shape index (κ2) is 5.90. The molecule has 0 atom stereocenters. The van der Waals surface area contributed by atoms with Crippen molar-refractivity contribution in [3.63, 3.8) is 0 Å². The molecular formula is C18H19ClN2. The van der Waals surface area contributed by atoms with Crippen LogP contribution in [-0.4, -0.2) is 9.55 Å². The van der Waals surface area contributed by atoms with Crippen molar-refractivity contribution in [1.29, 1.82) is 0 Å². The Morgan fingerprint density at radius 3 is 2.57 bits per heavy atom. The van der Waals surface area contributed by atoms with E-state index in [9.17, 15) is 0 Å². The molecule has 0 saturated carbocycles. The van der Waals surface area contributed by atoms with Crippen LogP contribution >= 0.6 is 11.6 Å². The molecule has 0 unspecified atom stereocenters. The van der Waals surface area contributed by atoms with Gasteiger partial charge in [0.2, 0.25) is 0 Å². The van der Waals surface area contributed by atoms with Gasteiger partial charge in [-0.15, -0.1) is 11.6 Å². The van der Waals surface area contributed by atoms with Gasteiger partial charge in [-0.3, -0.25) is 0 Å². The minimum Gasteiger partial charge on any atom is -0.322 e. The summed E-state index contributed by atoms with van der Waals surface area (Å²) in [5.74, 6) is 1.37. The maximum Gasteiger partial charge on any atom is 0.125 e. The van der Waals surface area contributed by atoms with Crippen molar-refractivity contribution < 1.29 is 0 Å². The number of hydrogen-bond donors (Lipinski definition) is 0. The first kappa shape index (κ1) is 14.2. The average Bonchev–Trinajstić information content (AvgIpc) is 2.85. The molecule has 0 aliphatic carbocycles. The fourth-order valence-electron chi connectivity index (χ4n) is 2.79. The molecule has 2 aromatic carbocycles. The molecular weight excluding hydrogens is 280 g/mol. The number of imidazole rings is 1. The van der Waals surface area contributed by atoms with Crippen LogP contribution in [0, 0.1) is 6.92 Å². The van der Waals surface area contributed by atoms with Gasteiger partial charge in [0, 0.05) is 6.54 Å². The van der Waals surface area contributed by atoms with E-state index in [1.807, 2.05) is 0 Å². The van der Waals surface area contributed by atoms with Gasteiger partial charge in [0.05, 0.1) is 16.9 Å². The molecule has 0 aliphatic heterocycles. The summed E-state index contributed by atoms with van der Waals surface area (Å²) in [4.78, 5) is 4.65. The first-order valence-corrected chi connectivity index (χ1v) is 7.85. The minimum atomic E-state index is 0.433. The number of rotatable bonds is 4. The highest BCUT2D eigenvalue weighted by molar-refractivity contribution is 6.16. The Hall–Kier alpha value is -1.80. The lowest BCUT2D eigenvalue weighted by molar-refractivity contribution is 0.770. The first-order chi connectivity index (χ1) is 10.2. The molecule has 1 aromatic heterocycles. The molecule has 0 radical (unpaired) electrons. The topological polar surface area (TPSA) is 17.8 Å². The molecule has 0 bridgehead atoms. The van der Waals surface area contributed by atoms with Gasteiger partial charge in [0.15, 0.2) is 0 Å². The van der Waals surface area contributed by atoms with Gasteiger partial charge >= 0.3 is 0 Å². The average molecular weight is 299 g/mol. The van der Waals surface area contributed by atoms with E-state index in [4.69, 9.17) is 11.6 Å². The second-order valence-corrected chi connectivity index (χ2v) is 5.63. The summed E-state index contributed by atoms with van der Waals surface area (Å²) >= 11 is 6.10. The van der Waals surface area contributed by atoms with Gasteiger partial charge in [0.1, 0.15) is 5.82 Å². The van der Waals surface area contributed by atoms with Crippen molar-refractivity contribution >= 4 is 22.6 Å². The molecule has 3 heteroatoms. The summed E-state index contributed by atoms with van der Waals surface area (Å²) in [6.45, 7) is 5.13. The number of nitrogens with zero attached hydrogens (tertiary/aromatic N) is 2. The van der Waals surface area contributed by atoms with Gasteiger partial charge in [0.25, 0.3) is 0 Å². The standard InChI is InChI=1S/C18H19ClN2/c1-3-14-6-4-5-7-15(14)12-21-17-10-13(2)8-9-16(17)20-18(21)11-19/h4-10H,3,11-12H2,1-2H3. The smallest absolute Gasteiger partial charge is 0.125 e. The van der Waals surface area contributed by atoms with Crippen molar-refractivity contribution in [3.8, 4) is 0 Å². The van der Waals surface area contributed by atoms with E-state index >= 15 is 0 Å². The Balaban J connectivity index is 2.12. The number of alkyl halides is 1. The van der Waals surface area contributed by atoms with E-state index in [-0.39, 0.29) is 0 Å². The van der Waals surface area contributed by atoms with Gasteiger partial charge in [-0.2, -0.15) is 0 Å². The number of fused-ring (bicyclic) bond motifs is 1. The number of aromatic nitrogens is 2. The number of halogens is 1. The van der Waals surface area contributed by atoms with E-state index in [0.717, 1.165) is 29.8 Å². The third-order valence-corrected chi connectivity index (χ3v) is 4.17. The summed E-state index contributed by atoms with van der Waals surface area (Å²) in [6, 6.07) is 14.9. The van der Waals surface area contributed by atoms with E-state index in [1.165, 1.54) is 16.7 Å². The first-order valence-electron chi connectivity index (χ1n) is 7.31. The van der Waals surface area contributed by atoms with Crippen molar-refractivity contribution in [2.75, 3.05) is 0 Å². The van der Waals surface area contributed by atoms with Crippen LogP contribution < -0.4 is 0 Å². The molecule has 0 amide bonds. The van der Waals surface area contributed by atoms with Crippen LogP contribution in [0.15, 0.2) is 42.5 Å². The van der Waals surface area contributed by atoms with Crippen molar-refractivity contribution in [2.45, 2.75) is 32.7 Å². The lowest BCUT2D eigenvalue weighted by atomic mass is 10.1. The van der Waals surface area contributed by atoms with Crippen LogP contribution in [0.2, 0.25) is 0 Å². The van der Waals surface area contributed by atoms with Crippen LogP contribution in [0.4, 0.5) is 0 Å². The molecule has 108 valence electrons. The van der Waals surface area contributed by atoms with Crippen molar-refractivity contribution in [1.82, 2.24) is 9.55 Å². The lowest BCUT2D eigenvalue weighted by Crippen LogP contribution is -2.06. The SMILES string of the molecule is CCc1ccccc1Cn1c(CCl)nc2ccc(C)cc21. The zero-order valence-corrected chi connectivity index (χ0v) is 13.2. The van der Waals surface area contributed by atoms with Crippen LogP contribution in [0.1, 0.15) is 29.4 Å². The van der Waals surface area contributed by atoms with E-state index in [1.54, 1.807) is 0 Å². The summed E-state index contributed by atoms with van der Waals surface area (Å²) in [6.07, 6.45) is 1.04. The Labute approximate surface area is 130 Å². The molecule has 3 aromatic rings. The monoisotopic (exact) mass is 298 g/mol. The summed E-state index contributed by atoms with van der Waals surface area (Å²) in [5.41, 5.74) is 6.15. The Morgan fingerprint density at radius 2 is 1.86 bits per heavy atom. The van der Waals surface area contributed by atoms with Crippen LogP contribution in [0.3, 0.4) is 0 Å². The number of hydrogen-bond acceptors (Lipinski definition) is 1. The van der Waals surface area contributed by atoms with Crippen LogP contribution in [0.5, 0.6) is 0 Å². The van der Waals surface area contributed by atoms with Gasteiger partial charge in [-0.1, -0.05) is 37.3 Å². The Kier molecular flexibility index (Phi) is 3.98. The highest BCUT2D eigenvalue weighted by Gasteiger charge is 2.11. The van der Waals surface area contributed by atoms with Gasteiger partial charge in [-0.05, 0) is 42.2 Å². The van der Waals surface area contributed by atoms with E-state index in [0.29, 0.717) is 5.88 Å². The predicted molar refractivity (Wildman–Crippen MR) is 88.9 cm³/mol. The van der Waals surface area contributed by atoms with Crippen molar-refractivity contribution in [3.05, 3.63) is 65.0 Å². The summed E-state index contributed by atoms with van der Waals surface area (Å²) in [5, 5.41) is 0. The largest absolute Gasteiger partial charge is 0.322 e. The normalized spacial score (nSPS) is 11.2. The van der Waals surface area contributed by atoms with Crippen LogP contribution in [0.25, 0.3) is 11.0 Å². The summed E-state index contributed by atoms with van der Waals surface area (Å²) < 4.78 is 2.24. The zero-order valence-electron chi connectivity index (χ0n) is 12.4. The highest BCUT2D eigenvalue weighted by Crippen LogP contribution is 2.22. The molecule has 0 fully saturated rings. The molecule has 0 saturated heterocycles. The number of benzene rings is 2.